The second-order valence-electron chi connectivity index (χ2n) is 3.99. The number of pyridine rings is 1. The van der Waals surface area contributed by atoms with E-state index in [0.717, 1.165) is 12.8 Å². The molecule has 4 heteroatoms. The number of anilines is 1. The van der Waals surface area contributed by atoms with Crippen LogP contribution in [-0.4, -0.2) is 11.0 Å². The SMILES string of the molecule is CCC(CC)C(C)Nc1ncc(Cl)cc1Cl. The van der Waals surface area contributed by atoms with E-state index in [0.29, 0.717) is 27.8 Å². The Morgan fingerprint density at radius 3 is 2.44 bits per heavy atom. The van der Waals surface area contributed by atoms with Gasteiger partial charge in [-0.3, -0.25) is 0 Å². The molecule has 1 aromatic rings. The van der Waals surface area contributed by atoms with Crippen molar-refractivity contribution in [3.63, 3.8) is 0 Å². The van der Waals surface area contributed by atoms with Gasteiger partial charge in [-0.1, -0.05) is 49.9 Å². The smallest absolute Gasteiger partial charge is 0.145 e. The molecule has 1 heterocycles. The molecule has 0 aliphatic heterocycles. The van der Waals surface area contributed by atoms with Gasteiger partial charge < -0.3 is 5.32 Å². The van der Waals surface area contributed by atoms with Crippen molar-refractivity contribution in [2.24, 2.45) is 5.92 Å². The number of rotatable bonds is 5. The maximum absolute atomic E-state index is 6.06. The molecule has 0 saturated carbocycles. The van der Waals surface area contributed by atoms with Crippen molar-refractivity contribution in [3.8, 4) is 0 Å². The number of nitrogens with zero attached hydrogens (tertiary/aromatic N) is 1. The molecule has 0 radical (unpaired) electrons. The lowest BCUT2D eigenvalue weighted by molar-refractivity contribution is 0.437. The van der Waals surface area contributed by atoms with E-state index in [9.17, 15) is 0 Å². The third-order valence-corrected chi connectivity index (χ3v) is 3.42. The summed E-state index contributed by atoms with van der Waals surface area (Å²) < 4.78 is 0. The highest BCUT2D eigenvalue weighted by atomic mass is 35.5. The van der Waals surface area contributed by atoms with Crippen LogP contribution in [0.3, 0.4) is 0 Å². The Hall–Kier alpha value is -0.470. The Kier molecular flexibility index (Phi) is 5.36. The van der Waals surface area contributed by atoms with Gasteiger partial charge in [0, 0.05) is 12.2 Å². The van der Waals surface area contributed by atoms with Gasteiger partial charge in [0.25, 0.3) is 0 Å². The molecule has 90 valence electrons. The molecule has 0 spiro atoms. The van der Waals surface area contributed by atoms with Crippen LogP contribution >= 0.6 is 23.2 Å². The fourth-order valence-electron chi connectivity index (χ4n) is 1.85. The minimum atomic E-state index is 0.362. The van der Waals surface area contributed by atoms with Crippen molar-refractivity contribution in [3.05, 3.63) is 22.3 Å². The Morgan fingerprint density at radius 1 is 1.31 bits per heavy atom. The van der Waals surface area contributed by atoms with E-state index in [1.165, 1.54) is 0 Å². The second kappa shape index (κ2) is 6.31. The highest BCUT2D eigenvalue weighted by Crippen LogP contribution is 2.25. The summed E-state index contributed by atoms with van der Waals surface area (Å²) in [5.74, 6) is 1.35. The van der Waals surface area contributed by atoms with Gasteiger partial charge in [-0.15, -0.1) is 0 Å². The molecular formula is C12H18Cl2N2. The first-order chi connectivity index (χ1) is 7.58. The molecule has 1 aromatic heterocycles. The minimum absolute atomic E-state index is 0.362. The number of halogens is 2. The van der Waals surface area contributed by atoms with E-state index in [-0.39, 0.29) is 0 Å². The van der Waals surface area contributed by atoms with Gasteiger partial charge in [0.2, 0.25) is 0 Å². The molecule has 2 nitrogen and oxygen atoms in total. The summed E-state index contributed by atoms with van der Waals surface area (Å²) in [4.78, 5) is 4.19. The van der Waals surface area contributed by atoms with Crippen LogP contribution in [0.2, 0.25) is 10.0 Å². The average molecular weight is 261 g/mol. The zero-order chi connectivity index (χ0) is 12.1. The Balaban J connectivity index is 2.72. The number of nitrogens with one attached hydrogen (secondary N) is 1. The van der Waals surface area contributed by atoms with Gasteiger partial charge >= 0.3 is 0 Å². The quantitative estimate of drug-likeness (QED) is 0.836. The molecule has 0 fully saturated rings. The van der Waals surface area contributed by atoms with Crippen LogP contribution in [0.25, 0.3) is 0 Å². The van der Waals surface area contributed by atoms with Crippen LogP contribution in [0, 0.1) is 5.92 Å². The van der Waals surface area contributed by atoms with Gasteiger partial charge in [0.15, 0.2) is 0 Å². The van der Waals surface area contributed by atoms with E-state index >= 15 is 0 Å². The van der Waals surface area contributed by atoms with Crippen molar-refractivity contribution in [1.29, 1.82) is 0 Å². The van der Waals surface area contributed by atoms with Crippen molar-refractivity contribution >= 4 is 29.0 Å². The van der Waals surface area contributed by atoms with E-state index in [1.54, 1.807) is 12.3 Å². The van der Waals surface area contributed by atoms with Crippen molar-refractivity contribution < 1.29 is 0 Å². The van der Waals surface area contributed by atoms with E-state index in [2.05, 4.69) is 31.1 Å². The first-order valence-electron chi connectivity index (χ1n) is 5.66. The molecule has 16 heavy (non-hydrogen) atoms. The van der Waals surface area contributed by atoms with Gasteiger partial charge in [-0.05, 0) is 18.9 Å². The summed E-state index contributed by atoms with van der Waals surface area (Å²) in [5, 5.41) is 4.47. The minimum Gasteiger partial charge on any atom is -0.366 e. The molecule has 0 bridgehead atoms. The first kappa shape index (κ1) is 13.6. The highest BCUT2D eigenvalue weighted by molar-refractivity contribution is 6.35. The van der Waals surface area contributed by atoms with Gasteiger partial charge in [-0.2, -0.15) is 0 Å². The number of aromatic nitrogens is 1. The third kappa shape index (κ3) is 3.53. The van der Waals surface area contributed by atoms with Crippen molar-refractivity contribution in [2.45, 2.75) is 39.7 Å². The van der Waals surface area contributed by atoms with Crippen LogP contribution in [0.4, 0.5) is 5.82 Å². The molecule has 0 aromatic carbocycles. The Morgan fingerprint density at radius 2 is 1.94 bits per heavy atom. The molecule has 1 N–H and O–H groups in total. The summed E-state index contributed by atoms with van der Waals surface area (Å²) in [6.45, 7) is 6.55. The largest absolute Gasteiger partial charge is 0.366 e. The lowest BCUT2D eigenvalue weighted by atomic mass is 9.95. The van der Waals surface area contributed by atoms with Crippen molar-refractivity contribution in [1.82, 2.24) is 4.98 Å². The molecule has 0 aliphatic carbocycles. The molecule has 1 unspecified atom stereocenters. The standard InChI is InChI=1S/C12H18Cl2N2/c1-4-9(5-2)8(3)16-12-11(14)6-10(13)7-15-12/h6-9H,4-5H2,1-3H3,(H,15,16). The van der Waals surface area contributed by atoms with Crippen LogP contribution < -0.4 is 5.32 Å². The van der Waals surface area contributed by atoms with E-state index in [1.807, 2.05) is 0 Å². The Bertz CT molecular complexity index is 338. The summed E-state index contributed by atoms with van der Waals surface area (Å²) in [6, 6.07) is 2.07. The first-order valence-corrected chi connectivity index (χ1v) is 6.41. The number of hydrogen-bond acceptors (Lipinski definition) is 2. The van der Waals surface area contributed by atoms with Crippen LogP contribution in [0.5, 0.6) is 0 Å². The van der Waals surface area contributed by atoms with Gasteiger partial charge in [0.1, 0.15) is 5.82 Å². The second-order valence-corrected chi connectivity index (χ2v) is 4.84. The lowest BCUT2D eigenvalue weighted by Gasteiger charge is -2.23. The maximum atomic E-state index is 6.06. The average Bonchev–Trinajstić information content (AvgIpc) is 2.24. The topological polar surface area (TPSA) is 24.9 Å². The fraction of sp³-hybridized carbons (Fsp3) is 0.583. The summed E-state index contributed by atoms with van der Waals surface area (Å²) in [6.07, 6.45) is 3.90. The summed E-state index contributed by atoms with van der Waals surface area (Å²) >= 11 is 11.9. The molecule has 1 rings (SSSR count). The number of hydrogen-bond donors (Lipinski definition) is 1. The van der Waals surface area contributed by atoms with E-state index < -0.39 is 0 Å². The Labute approximate surface area is 107 Å². The molecule has 0 saturated heterocycles. The molecule has 0 amide bonds. The third-order valence-electron chi connectivity index (χ3n) is 2.93. The lowest BCUT2D eigenvalue weighted by Crippen LogP contribution is -2.25. The zero-order valence-corrected chi connectivity index (χ0v) is 11.4. The summed E-state index contributed by atoms with van der Waals surface area (Å²) in [7, 11) is 0. The fourth-order valence-corrected chi connectivity index (χ4v) is 2.28. The highest BCUT2D eigenvalue weighted by Gasteiger charge is 2.14. The normalized spacial score (nSPS) is 12.9. The van der Waals surface area contributed by atoms with E-state index in [4.69, 9.17) is 23.2 Å². The maximum Gasteiger partial charge on any atom is 0.145 e. The molecule has 0 aliphatic rings. The summed E-state index contributed by atoms with van der Waals surface area (Å²) in [5.41, 5.74) is 0. The monoisotopic (exact) mass is 260 g/mol. The molecule has 1 atom stereocenters. The van der Waals surface area contributed by atoms with Gasteiger partial charge in [0.05, 0.1) is 10.0 Å². The van der Waals surface area contributed by atoms with Crippen LogP contribution in [0.15, 0.2) is 12.3 Å². The predicted molar refractivity (Wildman–Crippen MR) is 71.4 cm³/mol. The zero-order valence-electron chi connectivity index (χ0n) is 9.93. The molecular weight excluding hydrogens is 243 g/mol. The predicted octanol–water partition coefficient (Wildman–Crippen LogP) is 4.63. The van der Waals surface area contributed by atoms with Crippen molar-refractivity contribution in [2.75, 3.05) is 5.32 Å². The van der Waals surface area contributed by atoms with Crippen LogP contribution in [0.1, 0.15) is 33.6 Å². The van der Waals surface area contributed by atoms with Crippen LogP contribution in [-0.2, 0) is 0 Å². The van der Waals surface area contributed by atoms with Gasteiger partial charge in [-0.25, -0.2) is 4.98 Å².